The highest BCUT2D eigenvalue weighted by Gasteiger charge is 2.17. The fourth-order valence-corrected chi connectivity index (χ4v) is 5.07. The topological polar surface area (TPSA) is 81.0 Å². The lowest BCUT2D eigenvalue weighted by Gasteiger charge is -2.16. The van der Waals surface area contributed by atoms with Crippen molar-refractivity contribution in [2.24, 2.45) is 0 Å². The van der Waals surface area contributed by atoms with Gasteiger partial charge in [0.05, 0.1) is 21.0 Å². The van der Waals surface area contributed by atoms with Crippen molar-refractivity contribution in [2.75, 3.05) is 5.32 Å². The van der Waals surface area contributed by atoms with Gasteiger partial charge in [-0.05, 0) is 48.4 Å². The second-order valence-electron chi connectivity index (χ2n) is 7.29. The number of nitrogens with zero attached hydrogens (tertiary/aromatic N) is 3. The molecule has 0 unspecified atom stereocenters. The number of aromatic nitrogens is 2. The molecule has 2 aromatic heterocycles. The van der Waals surface area contributed by atoms with E-state index in [1.165, 1.54) is 42.4 Å². The molecule has 1 N–H and O–H groups in total. The van der Waals surface area contributed by atoms with Crippen LogP contribution in [0.15, 0.2) is 48.1 Å². The summed E-state index contributed by atoms with van der Waals surface area (Å²) >= 11 is 7.84. The second-order valence-corrected chi connectivity index (χ2v) is 8.55. The summed E-state index contributed by atoms with van der Waals surface area (Å²) in [7, 11) is 0. The van der Waals surface area contributed by atoms with Crippen molar-refractivity contribution in [3.63, 3.8) is 0 Å². The maximum absolute atomic E-state index is 11.0. The van der Waals surface area contributed by atoms with Crippen molar-refractivity contribution in [1.82, 2.24) is 9.97 Å². The number of halogens is 1. The van der Waals surface area contributed by atoms with E-state index in [4.69, 9.17) is 11.6 Å². The van der Waals surface area contributed by atoms with E-state index in [1.807, 2.05) is 0 Å². The fourth-order valence-electron chi connectivity index (χ4n) is 3.93. The van der Waals surface area contributed by atoms with E-state index < -0.39 is 4.92 Å². The van der Waals surface area contributed by atoms with Gasteiger partial charge in [-0.3, -0.25) is 10.1 Å². The van der Waals surface area contributed by atoms with Crippen LogP contribution in [0.2, 0.25) is 5.02 Å². The quantitative estimate of drug-likeness (QED) is 0.290. The Hall–Kier alpha value is -3.03. The largest absolute Gasteiger partial charge is 0.338 e. The Morgan fingerprint density at radius 3 is 2.70 bits per heavy atom. The highest BCUT2D eigenvalue weighted by Crippen LogP contribution is 2.39. The molecule has 2 aromatic carbocycles. The minimum Gasteiger partial charge on any atom is -0.338 e. The third kappa shape index (κ3) is 3.40. The molecule has 0 fully saturated rings. The number of nitrogens with one attached hydrogen (secondary N) is 1. The Kier molecular flexibility index (Phi) is 4.84. The molecule has 0 atom stereocenters. The van der Waals surface area contributed by atoms with E-state index in [1.54, 1.807) is 17.4 Å². The van der Waals surface area contributed by atoms with Gasteiger partial charge in [-0.2, -0.15) is 0 Å². The van der Waals surface area contributed by atoms with E-state index in [0.29, 0.717) is 11.5 Å². The number of hydrogen-bond acceptors (Lipinski definition) is 6. The first kappa shape index (κ1) is 19.0. The number of nitro groups is 1. The number of fused-ring (bicyclic) bond motifs is 2. The van der Waals surface area contributed by atoms with Gasteiger partial charge in [-0.15, -0.1) is 11.3 Å². The molecule has 0 saturated heterocycles. The predicted octanol–water partition coefficient (Wildman–Crippen LogP) is 6.54. The average Bonchev–Trinajstić information content (AvgIpc) is 3.20. The lowest BCUT2D eigenvalue weighted by Crippen LogP contribution is -2.02. The normalized spacial score (nSPS) is 13.2. The molecule has 1 aliphatic rings. The summed E-state index contributed by atoms with van der Waals surface area (Å²) in [5, 5.41) is 17.5. The van der Waals surface area contributed by atoms with E-state index in [2.05, 4.69) is 38.9 Å². The van der Waals surface area contributed by atoms with Crippen LogP contribution in [0.1, 0.15) is 24.0 Å². The summed E-state index contributed by atoms with van der Waals surface area (Å²) in [4.78, 5) is 20.2. The summed E-state index contributed by atoms with van der Waals surface area (Å²) in [5.74, 6) is 0.629. The molecule has 0 bridgehead atoms. The molecule has 150 valence electrons. The van der Waals surface area contributed by atoms with Crippen molar-refractivity contribution in [2.45, 2.75) is 25.7 Å². The first-order chi connectivity index (χ1) is 14.6. The molecular formula is C22H17ClN4O2S. The maximum atomic E-state index is 11.0. The molecule has 8 heteroatoms. The summed E-state index contributed by atoms with van der Waals surface area (Å²) in [6.07, 6.45) is 6.26. The maximum Gasteiger partial charge on any atom is 0.271 e. The Bertz CT molecular complexity index is 1290. The van der Waals surface area contributed by atoms with Crippen LogP contribution in [0, 0.1) is 10.1 Å². The minimum atomic E-state index is -0.467. The second kappa shape index (κ2) is 7.66. The van der Waals surface area contributed by atoms with Gasteiger partial charge >= 0.3 is 0 Å². The molecule has 0 saturated carbocycles. The zero-order valence-corrected chi connectivity index (χ0v) is 17.5. The minimum absolute atomic E-state index is 0.0522. The van der Waals surface area contributed by atoms with Crippen LogP contribution < -0.4 is 5.32 Å². The number of nitro benzene ring substituents is 1. The Morgan fingerprint density at radius 1 is 1.07 bits per heavy atom. The summed E-state index contributed by atoms with van der Waals surface area (Å²) < 4.78 is 0. The van der Waals surface area contributed by atoms with Crippen LogP contribution in [0.5, 0.6) is 0 Å². The molecule has 1 aliphatic carbocycles. The van der Waals surface area contributed by atoms with Gasteiger partial charge in [0.2, 0.25) is 0 Å². The van der Waals surface area contributed by atoms with Crippen molar-refractivity contribution in [3.05, 3.63) is 74.4 Å². The van der Waals surface area contributed by atoms with Crippen LogP contribution in [-0.4, -0.2) is 14.9 Å². The van der Waals surface area contributed by atoms with Crippen LogP contribution in [0.25, 0.3) is 21.3 Å². The molecule has 6 nitrogen and oxygen atoms in total. The average molecular weight is 437 g/mol. The van der Waals surface area contributed by atoms with Gasteiger partial charge in [-0.25, -0.2) is 9.97 Å². The molecule has 0 radical (unpaired) electrons. The Balaban J connectivity index is 1.58. The number of hydrogen-bond donors (Lipinski definition) is 1. The van der Waals surface area contributed by atoms with Crippen LogP contribution in [-0.2, 0) is 12.8 Å². The Labute approximate surface area is 181 Å². The number of aryl methyl sites for hydroxylation is 2. The molecule has 4 aromatic rings. The lowest BCUT2D eigenvalue weighted by molar-refractivity contribution is -0.384. The van der Waals surface area contributed by atoms with Gasteiger partial charge in [0.25, 0.3) is 5.69 Å². The molecule has 0 aliphatic heterocycles. The van der Waals surface area contributed by atoms with Gasteiger partial charge in [0.1, 0.15) is 17.0 Å². The van der Waals surface area contributed by atoms with Crippen LogP contribution in [0.4, 0.5) is 17.2 Å². The zero-order valence-electron chi connectivity index (χ0n) is 15.9. The fraction of sp³-hybridized carbons (Fsp3) is 0.182. The predicted molar refractivity (Wildman–Crippen MR) is 121 cm³/mol. The smallest absolute Gasteiger partial charge is 0.271 e. The lowest BCUT2D eigenvalue weighted by atomic mass is 9.89. The van der Waals surface area contributed by atoms with Crippen molar-refractivity contribution < 1.29 is 4.92 Å². The SMILES string of the molecule is O=[N+]([O-])c1ccc(Nc2ncnc3scc(-c4ccc5c(c4)CCCC5)c23)c(Cl)c1. The van der Waals surface area contributed by atoms with Crippen molar-refractivity contribution >= 4 is 50.3 Å². The van der Waals surface area contributed by atoms with Crippen molar-refractivity contribution in [1.29, 1.82) is 0 Å². The molecule has 5 rings (SSSR count). The Morgan fingerprint density at radius 2 is 1.90 bits per heavy atom. The summed E-state index contributed by atoms with van der Waals surface area (Å²) in [6.45, 7) is 0. The highest BCUT2D eigenvalue weighted by atomic mass is 35.5. The third-order valence-electron chi connectivity index (χ3n) is 5.45. The number of thiophene rings is 1. The summed E-state index contributed by atoms with van der Waals surface area (Å²) in [5.41, 5.74) is 5.59. The summed E-state index contributed by atoms with van der Waals surface area (Å²) in [6, 6.07) is 11.0. The standard InChI is InChI=1S/C22H17ClN4O2S/c23-18-10-16(27(28)29)7-8-19(18)26-21-20-17(11-30-22(20)25-12-24-21)15-6-5-13-3-1-2-4-14(13)9-15/h5-12H,1-4H2,(H,24,25,26). The van der Waals surface area contributed by atoms with E-state index >= 15 is 0 Å². The van der Waals surface area contributed by atoms with Crippen LogP contribution >= 0.6 is 22.9 Å². The van der Waals surface area contributed by atoms with Crippen molar-refractivity contribution in [3.8, 4) is 11.1 Å². The molecule has 30 heavy (non-hydrogen) atoms. The highest BCUT2D eigenvalue weighted by molar-refractivity contribution is 7.17. The first-order valence-electron chi connectivity index (χ1n) is 9.65. The van der Waals surface area contributed by atoms with Gasteiger partial charge in [0.15, 0.2) is 0 Å². The molecule has 0 spiro atoms. The molecule has 2 heterocycles. The molecular weight excluding hydrogens is 420 g/mol. The number of rotatable bonds is 4. The third-order valence-corrected chi connectivity index (χ3v) is 6.65. The number of non-ortho nitro benzene ring substituents is 1. The first-order valence-corrected chi connectivity index (χ1v) is 10.9. The van der Waals surface area contributed by atoms with E-state index in [-0.39, 0.29) is 10.7 Å². The molecule has 0 amide bonds. The van der Waals surface area contributed by atoms with E-state index in [0.717, 1.165) is 34.2 Å². The van der Waals surface area contributed by atoms with Crippen LogP contribution in [0.3, 0.4) is 0 Å². The monoisotopic (exact) mass is 436 g/mol. The zero-order chi connectivity index (χ0) is 20.7. The van der Waals surface area contributed by atoms with E-state index in [9.17, 15) is 10.1 Å². The van der Waals surface area contributed by atoms with Gasteiger partial charge < -0.3 is 5.32 Å². The van der Waals surface area contributed by atoms with Gasteiger partial charge in [-0.1, -0.05) is 29.8 Å². The number of anilines is 2. The number of benzene rings is 2. The van der Waals surface area contributed by atoms with Gasteiger partial charge in [0, 0.05) is 23.1 Å².